The summed E-state index contributed by atoms with van der Waals surface area (Å²) in [7, 11) is 0. The maximum absolute atomic E-state index is 3.42. The molecular weight excluding hydrogens is 299 g/mol. The highest BCUT2D eigenvalue weighted by Gasteiger charge is 2.39. The Kier molecular flexibility index (Phi) is 4.46. The van der Waals surface area contributed by atoms with Crippen LogP contribution in [0.4, 0.5) is 0 Å². The molecule has 1 N–H and O–H groups in total. The summed E-state index contributed by atoms with van der Waals surface area (Å²) < 4.78 is 0.353. The summed E-state index contributed by atoms with van der Waals surface area (Å²) in [5.41, 5.74) is 0.298. The lowest BCUT2D eigenvalue weighted by atomic mass is 9.79. The number of piperazine rings is 1. The molecule has 1 aliphatic heterocycles. The zero-order valence-electron chi connectivity index (χ0n) is 10.7. The minimum absolute atomic E-state index is 0.298. The van der Waals surface area contributed by atoms with Crippen molar-refractivity contribution < 1.29 is 0 Å². The van der Waals surface area contributed by atoms with Crippen molar-refractivity contribution in [2.24, 2.45) is 5.92 Å². The van der Waals surface area contributed by atoms with Gasteiger partial charge < -0.3 is 5.32 Å². The summed E-state index contributed by atoms with van der Waals surface area (Å²) in [4.78, 5) is 2.63. The molecule has 1 rings (SSSR count). The Hall–Kier alpha value is 0.650. The van der Waals surface area contributed by atoms with Crippen molar-refractivity contribution in [3.8, 4) is 0 Å². The Bertz CT molecular complexity index is 202. The van der Waals surface area contributed by atoms with Crippen molar-refractivity contribution in [1.82, 2.24) is 10.2 Å². The summed E-state index contributed by atoms with van der Waals surface area (Å²) in [6.07, 6.45) is 0. The van der Waals surface area contributed by atoms with Crippen LogP contribution in [0.1, 0.15) is 34.6 Å². The molecule has 3 heteroatoms. The molecule has 1 aliphatic rings. The second-order valence-electron chi connectivity index (χ2n) is 5.68. The van der Waals surface area contributed by atoms with E-state index in [9.17, 15) is 0 Å². The monoisotopic (exact) mass is 324 g/mol. The van der Waals surface area contributed by atoms with Crippen molar-refractivity contribution >= 4 is 22.6 Å². The molecule has 1 atom stereocenters. The van der Waals surface area contributed by atoms with Gasteiger partial charge in [0, 0.05) is 35.1 Å². The molecule has 90 valence electrons. The van der Waals surface area contributed by atoms with Crippen LogP contribution in [-0.2, 0) is 0 Å². The first kappa shape index (κ1) is 13.7. The van der Waals surface area contributed by atoms with Crippen molar-refractivity contribution in [3.63, 3.8) is 0 Å². The molecule has 0 saturated carbocycles. The van der Waals surface area contributed by atoms with Crippen molar-refractivity contribution in [2.75, 3.05) is 26.2 Å². The fourth-order valence-corrected chi connectivity index (χ4v) is 3.12. The van der Waals surface area contributed by atoms with Crippen LogP contribution < -0.4 is 5.32 Å². The minimum Gasteiger partial charge on any atom is -0.314 e. The lowest BCUT2D eigenvalue weighted by Gasteiger charge is -2.48. The number of halogens is 1. The van der Waals surface area contributed by atoms with Gasteiger partial charge in [0.25, 0.3) is 0 Å². The van der Waals surface area contributed by atoms with Gasteiger partial charge in [-0.25, -0.2) is 0 Å². The predicted molar refractivity (Wildman–Crippen MR) is 75.8 cm³/mol. The molecule has 1 fully saturated rings. The van der Waals surface area contributed by atoms with Crippen LogP contribution in [0.5, 0.6) is 0 Å². The fourth-order valence-electron chi connectivity index (χ4n) is 2.35. The third-order valence-corrected chi connectivity index (χ3v) is 4.96. The van der Waals surface area contributed by atoms with Crippen LogP contribution in [0.15, 0.2) is 0 Å². The first-order valence-corrected chi connectivity index (χ1v) is 6.99. The van der Waals surface area contributed by atoms with Gasteiger partial charge in [0.2, 0.25) is 0 Å². The van der Waals surface area contributed by atoms with E-state index in [4.69, 9.17) is 0 Å². The van der Waals surface area contributed by atoms with Gasteiger partial charge in [-0.3, -0.25) is 4.90 Å². The lowest BCUT2D eigenvalue weighted by molar-refractivity contribution is 0.0485. The second kappa shape index (κ2) is 4.88. The van der Waals surface area contributed by atoms with Gasteiger partial charge >= 0.3 is 0 Å². The van der Waals surface area contributed by atoms with Crippen molar-refractivity contribution in [2.45, 2.75) is 43.6 Å². The molecule has 0 aromatic carbocycles. The zero-order chi connectivity index (χ0) is 11.7. The minimum atomic E-state index is 0.298. The number of alkyl halides is 1. The maximum atomic E-state index is 3.42. The molecule has 1 unspecified atom stereocenters. The number of hydrogen-bond donors (Lipinski definition) is 1. The van der Waals surface area contributed by atoms with Crippen LogP contribution in [0.3, 0.4) is 0 Å². The molecule has 0 radical (unpaired) electrons. The van der Waals surface area contributed by atoms with Gasteiger partial charge in [-0.15, -0.1) is 0 Å². The predicted octanol–water partition coefficient (Wildman–Crippen LogP) is 2.52. The van der Waals surface area contributed by atoms with Gasteiger partial charge in [0.05, 0.1) is 0 Å². The standard InChI is InChI=1S/C12H25IN2/c1-10(11(2,3)13)12(4,5)15-8-6-14-7-9-15/h10,14H,6-9H2,1-5H3. The van der Waals surface area contributed by atoms with Gasteiger partial charge in [-0.05, 0) is 19.8 Å². The number of nitrogens with one attached hydrogen (secondary N) is 1. The molecule has 0 aromatic rings. The van der Waals surface area contributed by atoms with E-state index >= 15 is 0 Å². The van der Waals surface area contributed by atoms with E-state index in [1.54, 1.807) is 0 Å². The normalized spacial score (nSPS) is 22.8. The van der Waals surface area contributed by atoms with Crippen molar-refractivity contribution in [3.05, 3.63) is 0 Å². The quantitative estimate of drug-likeness (QED) is 0.634. The average Bonchev–Trinajstić information content (AvgIpc) is 2.16. The largest absolute Gasteiger partial charge is 0.314 e. The molecule has 0 amide bonds. The Morgan fingerprint density at radius 1 is 1.13 bits per heavy atom. The van der Waals surface area contributed by atoms with E-state index in [-0.39, 0.29) is 0 Å². The summed E-state index contributed by atoms with van der Waals surface area (Å²) in [6, 6.07) is 0. The highest BCUT2D eigenvalue weighted by atomic mass is 127. The van der Waals surface area contributed by atoms with Gasteiger partial charge in [-0.1, -0.05) is 43.4 Å². The van der Waals surface area contributed by atoms with Crippen LogP contribution in [0.25, 0.3) is 0 Å². The van der Waals surface area contributed by atoms with E-state index in [1.165, 1.54) is 13.1 Å². The van der Waals surface area contributed by atoms with Crippen LogP contribution in [0, 0.1) is 5.92 Å². The smallest absolute Gasteiger partial charge is 0.0209 e. The van der Waals surface area contributed by atoms with Crippen LogP contribution >= 0.6 is 22.6 Å². The zero-order valence-corrected chi connectivity index (χ0v) is 12.9. The summed E-state index contributed by atoms with van der Waals surface area (Å²) in [6.45, 7) is 16.5. The SMILES string of the molecule is CC(C(C)(C)I)C(C)(C)N1CCNCC1. The topological polar surface area (TPSA) is 15.3 Å². The lowest BCUT2D eigenvalue weighted by Crippen LogP contribution is -2.58. The summed E-state index contributed by atoms with van der Waals surface area (Å²) in [5, 5.41) is 3.42. The molecule has 15 heavy (non-hydrogen) atoms. The average molecular weight is 324 g/mol. The highest BCUT2D eigenvalue weighted by molar-refractivity contribution is 14.1. The van der Waals surface area contributed by atoms with E-state index in [2.05, 4.69) is 67.4 Å². The molecule has 0 bridgehead atoms. The van der Waals surface area contributed by atoms with Crippen molar-refractivity contribution in [1.29, 1.82) is 0 Å². The summed E-state index contributed by atoms with van der Waals surface area (Å²) >= 11 is 2.58. The molecule has 0 aliphatic carbocycles. The van der Waals surface area contributed by atoms with Gasteiger partial charge in [0.1, 0.15) is 0 Å². The first-order valence-electron chi connectivity index (χ1n) is 5.91. The van der Waals surface area contributed by atoms with E-state index in [1.807, 2.05) is 0 Å². The third-order valence-electron chi connectivity index (χ3n) is 4.02. The Balaban J connectivity index is 2.71. The maximum Gasteiger partial charge on any atom is 0.0209 e. The number of nitrogens with zero attached hydrogens (tertiary/aromatic N) is 1. The number of rotatable bonds is 3. The molecule has 0 spiro atoms. The highest BCUT2D eigenvalue weighted by Crippen LogP contribution is 2.38. The number of hydrogen-bond acceptors (Lipinski definition) is 2. The first-order chi connectivity index (χ1) is 6.76. The van der Waals surface area contributed by atoms with E-state index in [0.29, 0.717) is 14.9 Å². The molecule has 1 saturated heterocycles. The summed E-state index contributed by atoms with van der Waals surface area (Å²) in [5.74, 6) is 0.684. The fraction of sp³-hybridized carbons (Fsp3) is 1.00. The molecule has 2 nitrogen and oxygen atoms in total. The molecule has 0 aromatic heterocycles. The van der Waals surface area contributed by atoms with E-state index in [0.717, 1.165) is 13.1 Å². The van der Waals surface area contributed by atoms with Crippen LogP contribution in [-0.4, -0.2) is 40.0 Å². The van der Waals surface area contributed by atoms with Gasteiger partial charge in [-0.2, -0.15) is 0 Å². The van der Waals surface area contributed by atoms with E-state index < -0.39 is 0 Å². The van der Waals surface area contributed by atoms with Gasteiger partial charge in [0.15, 0.2) is 0 Å². The molecular formula is C12H25IN2. The van der Waals surface area contributed by atoms with Crippen LogP contribution in [0.2, 0.25) is 0 Å². The third kappa shape index (κ3) is 3.30. The Labute approximate surface area is 108 Å². The Morgan fingerprint density at radius 3 is 2.00 bits per heavy atom. The second-order valence-corrected chi connectivity index (χ2v) is 8.46. The molecule has 1 heterocycles. The Morgan fingerprint density at radius 2 is 1.60 bits per heavy atom.